The Morgan fingerprint density at radius 2 is 1.96 bits per heavy atom. The number of aromatic nitrogens is 2. The first-order chi connectivity index (χ1) is 11.8. The fraction of sp³-hybridized carbons (Fsp3) is 0.125. The molecule has 0 unspecified atom stereocenters. The van der Waals surface area contributed by atoms with E-state index in [1.54, 1.807) is 23.6 Å². The molecule has 1 aromatic heterocycles. The molecular weight excluding hydrogens is 369 g/mol. The Morgan fingerprint density at radius 3 is 2.52 bits per heavy atom. The number of rotatable bonds is 4. The molecule has 9 heteroatoms. The van der Waals surface area contributed by atoms with E-state index in [4.69, 9.17) is 28.3 Å². The summed E-state index contributed by atoms with van der Waals surface area (Å²) in [5, 5.41) is 20.2. The Hall–Kier alpha value is -2.64. The monoisotopic (exact) mass is 379 g/mol. The molecule has 2 aromatic carbocycles. The minimum absolute atomic E-state index is 0.0724. The van der Waals surface area contributed by atoms with Crippen LogP contribution in [0.15, 0.2) is 30.3 Å². The normalized spacial score (nSPS) is 11.0. The largest absolute Gasteiger partial charge is 0.478 e. The molecule has 0 saturated heterocycles. The molecule has 0 aliphatic carbocycles. The number of hydrogen-bond donors (Lipinski definition) is 1. The molecule has 0 spiro atoms. The number of aromatic carboxylic acids is 1. The van der Waals surface area contributed by atoms with E-state index >= 15 is 0 Å². The van der Waals surface area contributed by atoms with E-state index in [2.05, 4.69) is 4.98 Å². The van der Waals surface area contributed by atoms with E-state index in [9.17, 15) is 14.9 Å². The number of carbonyl (C=O) groups is 1. The summed E-state index contributed by atoms with van der Waals surface area (Å²) in [5.41, 5.74) is 1.33. The van der Waals surface area contributed by atoms with Gasteiger partial charge in [-0.2, -0.15) is 0 Å². The molecule has 0 radical (unpaired) electrons. The minimum atomic E-state index is -1.01. The lowest BCUT2D eigenvalue weighted by molar-refractivity contribution is -0.383. The van der Waals surface area contributed by atoms with Gasteiger partial charge in [-0.25, -0.2) is 9.78 Å². The van der Waals surface area contributed by atoms with E-state index in [0.717, 1.165) is 5.56 Å². The zero-order valence-electron chi connectivity index (χ0n) is 12.9. The van der Waals surface area contributed by atoms with Crippen molar-refractivity contribution in [1.29, 1.82) is 0 Å². The number of hydrogen-bond acceptors (Lipinski definition) is 4. The Balaban J connectivity index is 2.12. The molecule has 1 N–H and O–H groups in total. The molecule has 0 saturated carbocycles. The second-order valence-corrected chi connectivity index (χ2v) is 6.18. The lowest BCUT2D eigenvalue weighted by atomic mass is 10.1. The number of carboxylic acid groups (broad SMARTS) is 1. The van der Waals surface area contributed by atoms with Crippen LogP contribution in [-0.2, 0) is 6.54 Å². The third-order valence-corrected chi connectivity index (χ3v) is 4.60. The number of nitrogens with zero attached hydrogens (tertiary/aromatic N) is 3. The number of benzene rings is 2. The van der Waals surface area contributed by atoms with E-state index in [1.807, 2.05) is 0 Å². The summed E-state index contributed by atoms with van der Waals surface area (Å²) >= 11 is 12.0. The molecule has 25 heavy (non-hydrogen) atoms. The standard InChI is InChI=1S/C16H11Cl2N3O4/c1-8-19-14-12(6-11(17)13(18)15(14)21(24)25)20(8)7-9-2-4-10(5-3-9)16(22)23/h2-6H,7H2,1H3,(H,22,23). The van der Waals surface area contributed by atoms with Gasteiger partial charge in [0, 0.05) is 6.54 Å². The Labute approximate surface area is 151 Å². The second kappa shape index (κ2) is 6.34. The van der Waals surface area contributed by atoms with Crippen molar-refractivity contribution in [2.75, 3.05) is 0 Å². The molecule has 3 rings (SSSR count). The highest BCUT2D eigenvalue weighted by molar-refractivity contribution is 6.44. The lowest BCUT2D eigenvalue weighted by Gasteiger charge is -2.08. The number of imidazole rings is 1. The van der Waals surface area contributed by atoms with E-state index in [-0.39, 0.29) is 26.8 Å². The van der Waals surface area contributed by atoms with Crippen molar-refractivity contribution in [1.82, 2.24) is 9.55 Å². The van der Waals surface area contributed by atoms with Crippen LogP contribution in [0.4, 0.5) is 5.69 Å². The van der Waals surface area contributed by atoms with Gasteiger partial charge in [-0.05, 0) is 30.7 Å². The van der Waals surface area contributed by atoms with Crippen LogP contribution < -0.4 is 0 Å². The molecule has 0 bridgehead atoms. The summed E-state index contributed by atoms with van der Waals surface area (Å²) in [6.45, 7) is 2.08. The Kier molecular flexibility index (Phi) is 4.36. The van der Waals surface area contributed by atoms with Crippen molar-refractivity contribution in [3.63, 3.8) is 0 Å². The van der Waals surface area contributed by atoms with Gasteiger partial charge in [0.05, 0.1) is 21.0 Å². The average Bonchev–Trinajstić information content (AvgIpc) is 2.84. The van der Waals surface area contributed by atoms with Gasteiger partial charge < -0.3 is 9.67 Å². The summed E-state index contributed by atoms with van der Waals surface area (Å²) in [4.78, 5) is 25.9. The highest BCUT2D eigenvalue weighted by atomic mass is 35.5. The van der Waals surface area contributed by atoms with Crippen molar-refractivity contribution < 1.29 is 14.8 Å². The van der Waals surface area contributed by atoms with E-state index in [0.29, 0.717) is 17.9 Å². The van der Waals surface area contributed by atoms with Gasteiger partial charge >= 0.3 is 11.7 Å². The maximum absolute atomic E-state index is 11.3. The first-order valence-corrected chi connectivity index (χ1v) is 7.86. The van der Waals surface area contributed by atoms with Crippen LogP contribution in [0.5, 0.6) is 0 Å². The summed E-state index contributed by atoms with van der Waals surface area (Å²) in [7, 11) is 0. The molecule has 0 amide bonds. The van der Waals surface area contributed by atoms with Crippen molar-refractivity contribution in [2.45, 2.75) is 13.5 Å². The van der Waals surface area contributed by atoms with Gasteiger partial charge in [-0.3, -0.25) is 10.1 Å². The molecule has 0 aliphatic heterocycles. The van der Waals surface area contributed by atoms with Crippen LogP contribution in [0.3, 0.4) is 0 Å². The predicted octanol–water partition coefficient (Wildman–Crippen LogP) is 4.31. The number of nitro benzene ring substituents is 1. The molecule has 1 heterocycles. The van der Waals surface area contributed by atoms with Gasteiger partial charge in [0.2, 0.25) is 0 Å². The molecule has 0 atom stereocenters. The first-order valence-electron chi connectivity index (χ1n) is 7.11. The summed E-state index contributed by atoms with van der Waals surface area (Å²) in [6, 6.07) is 7.90. The van der Waals surface area contributed by atoms with E-state index < -0.39 is 10.9 Å². The predicted molar refractivity (Wildman–Crippen MR) is 93.6 cm³/mol. The van der Waals surface area contributed by atoms with Crippen molar-refractivity contribution in [2.24, 2.45) is 0 Å². The molecule has 128 valence electrons. The van der Waals surface area contributed by atoms with Crippen molar-refractivity contribution >= 4 is 45.9 Å². The Bertz CT molecular complexity index is 1010. The molecule has 7 nitrogen and oxygen atoms in total. The number of halogens is 2. The highest BCUT2D eigenvalue weighted by Crippen LogP contribution is 2.38. The molecule has 0 fully saturated rings. The van der Waals surface area contributed by atoms with Gasteiger partial charge in [0.25, 0.3) is 0 Å². The highest BCUT2D eigenvalue weighted by Gasteiger charge is 2.25. The quantitative estimate of drug-likeness (QED) is 0.537. The molecule has 0 aliphatic rings. The number of aryl methyl sites for hydroxylation is 1. The Morgan fingerprint density at radius 1 is 1.32 bits per heavy atom. The SMILES string of the molecule is Cc1nc2c([N+](=O)[O-])c(Cl)c(Cl)cc2n1Cc1ccc(C(=O)O)cc1. The smallest absolute Gasteiger partial charge is 0.335 e. The fourth-order valence-electron chi connectivity index (χ4n) is 2.60. The summed E-state index contributed by atoms with van der Waals surface area (Å²) in [5.74, 6) is -0.452. The zero-order valence-corrected chi connectivity index (χ0v) is 14.4. The second-order valence-electron chi connectivity index (χ2n) is 5.39. The fourth-order valence-corrected chi connectivity index (χ4v) is 3.01. The van der Waals surface area contributed by atoms with Gasteiger partial charge in [-0.15, -0.1) is 0 Å². The number of fused-ring (bicyclic) bond motifs is 1. The lowest BCUT2D eigenvalue weighted by Crippen LogP contribution is -2.03. The topological polar surface area (TPSA) is 98.3 Å². The van der Waals surface area contributed by atoms with Crippen LogP contribution in [0.1, 0.15) is 21.7 Å². The number of nitro groups is 1. The first kappa shape index (κ1) is 17.2. The van der Waals surface area contributed by atoms with Crippen molar-refractivity contribution in [3.8, 4) is 0 Å². The van der Waals surface area contributed by atoms with Gasteiger partial charge in [0.1, 0.15) is 10.8 Å². The van der Waals surface area contributed by atoms with Crippen LogP contribution in [0.25, 0.3) is 11.0 Å². The third-order valence-electron chi connectivity index (χ3n) is 3.83. The summed E-state index contributed by atoms with van der Waals surface area (Å²) in [6.07, 6.45) is 0. The van der Waals surface area contributed by atoms with Crippen LogP contribution >= 0.6 is 23.2 Å². The molecule has 3 aromatic rings. The van der Waals surface area contributed by atoms with Gasteiger partial charge in [0.15, 0.2) is 5.52 Å². The number of carboxylic acids is 1. The zero-order chi connectivity index (χ0) is 18.3. The van der Waals surface area contributed by atoms with Gasteiger partial charge in [-0.1, -0.05) is 35.3 Å². The van der Waals surface area contributed by atoms with Crippen molar-refractivity contribution in [3.05, 3.63) is 67.4 Å². The van der Waals surface area contributed by atoms with Crippen LogP contribution in [-0.4, -0.2) is 25.6 Å². The maximum atomic E-state index is 11.3. The molecular formula is C16H11Cl2N3O4. The average molecular weight is 380 g/mol. The van der Waals surface area contributed by atoms with Crippen LogP contribution in [0.2, 0.25) is 10.0 Å². The van der Waals surface area contributed by atoms with E-state index in [1.165, 1.54) is 18.2 Å². The van der Waals surface area contributed by atoms with Crippen LogP contribution in [0, 0.1) is 17.0 Å². The maximum Gasteiger partial charge on any atom is 0.335 e. The third kappa shape index (κ3) is 3.04. The summed E-state index contributed by atoms with van der Waals surface area (Å²) < 4.78 is 1.76. The minimum Gasteiger partial charge on any atom is -0.478 e.